The van der Waals surface area contributed by atoms with Crippen LogP contribution in [0.4, 0.5) is 0 Å². The van der Waals surface area contributed by atoms with Gasteiger partial charge >= 0.3 is 5.97 Å². The maximum Gasteiger partial charge on any atom is 0.376 e. The molecule has 0 radical (unpaired) electrons. The van der Waals surface area contributed by atoms with Crippen molar-refractivity contribution < 1.29 is 13.9 Å². The molecule has 2 aromatic heterocycles. The molecule has 0 aliphatic carbocycles. The number of ether oxygens (including phenoxy) is 1. The Labute approximate surface area is 118 Å². The molecule has 0 N–H and O–H groups in total. The van der Waals surface area contributed by atoms with Gasteiger partial charge in [0.05, 0.1) is 5.39 Å². The average Bonchev–Trinajstić information content (AvgIpc) is 2.93. The maximum absolute atomic E-state index is 12.1. The number of carbonyl (C=O) groups excluding carboxylic acids is 1. The van der Waals surface area contributed by atoms with Gasteiger partial charge in [-0.2, -0.15) is 4.68 Å². The van der Waals surface area contributed by atoms with Crippen LogP contribution in [0, 0.1) is 6.92 Å². The summed E-state index contributed by atoms with van der Waals surface area (Å²) in [5.74, 6) is 0.0175. The molecular weight excluding hydrogens is 274 g/mol. The molecule has 0 aliphatic heterocycles. The monoisotopic (exact) mass is 285 g/mol. The Hall–Kier alpha value is -2.96. The lowest BCUT2D eigenvalue weighted by Crippen LogP contribution is -2.26. The molecule has 0 fully saturated rings. The van der Waals surface area contributed by atoms with Crippen LogP contribution in [-0.2, 0) is 11.5 Å². The third-order valence-corrected chi connectivity index (χ3v) is 2.89. The zero-order chi connectivity index (χ0) is 14.8. The highest BCUT2D eigenvalue weighted by atomic mass is 16.6. The van der Waals surface area contributed by atoms with Crippen molar-refractivity contribution in [3.05, 3.63) is 58.3 Å². The molecule has 0 unspecified atom stereocenters. The summed E-state index contributed by atoms with van der Waals surface area (Å²) in [6.45, 7) is 1.39. The number of fused-ring (bicyclic) bond motifs is 1. The number of furan rings is 1. The fourth-order valence-electron chi connectivity index (χ4n) is 1.84. The van der Waals surface area contributed by atoms with E-state index in [1.807, 2.05) is 0 Å². The molecule has 21 heavy (non-hydrogen) atoms. The Morgan fingerprint density at radius 1 is 1.29 bits per heavy atom. The van der Waals surface area contributed by atoms with E-state index in [-0.39, 0.29) is 18.1 Å². The first kappa shape index (κ1) is 13.0. The van der Waals surface area contributed by atoms with Crippen LogP contribution in [0.5, 0.6) is 0 Å². The van der Waals surface area contributed by atoms with Crippen LogP contribution in [-0.4, -0.2) is 21.0 Å². The second kappa shape index (κ2) is 5.20. The maximum atomic E-state index is 12.1. The topological polar surface area (TPSA) is 87.2 Å². The van der Waals surface area contributed by atoms with Crippen molar-refractivity contribution in [1.82, 2.24) is 15.0 Å². The zero-order valence-electron chi connectivity index (χ0n) is 11.1. The van der Waals surface area contributed by atoms with Gasteiger partial charge in [-0.3, -0.25) is 4.79 Å². The highest BCUT2D eigenvalue weighted by Crippen LogP contribution is 2.08. The Morgan fingerprint density at radius 2 is 2.10 bits per heavy atom. The smallest absolute Gasteiger partial charge is 0.376 e. The summed E-state index contributed by atoms with van der Waals surface area (Å²) in [5.41, 5.74) is 0.121. The van der Waals surface area contributed by atoms with E-state index in [0.717, 1.165) is 4.68 Å². The molecule has 106 valence electrons. The van der Waals surface area contributed by atoms with Crippen molar-refractivity contribution in [3.8, 4) is 0 Å². The van der Waals surface area contributed by atoms with Crippen molar-refractivity contribution >= 4 is 16.9 Å². The molecule has 0 aliphatic rings. The third kappa shape index (κ3) is 2.53. The van der Waals surface area contributed by atoms with Crippen molar-refractivity contribution in [2.75, 3.05) is 0 Å². The molecule has 7 nitrogen and oxygen atoms in total. The first-order chi connectivity index (χ1) is 10.1. The number of hydrogen-bond donors (Lipinski definition) is 0. The molecule has 0 saturated carbocycles. The van der Waals surface area contributed by atoms with Gasteiger partial charge in [-0.1, -0.05) is 17.3 Å². The van der Waals surface area contributed by atoms with Gasteiger partial charge in [-0.25, -0.2) is 4.79 Å². The van der Waals surface area contributed by atoms with Crippen LogP contribution in [0.15, 0.2) is 45.6 Å². The van der Waals surface area contributed by atoms with Gasteiger partial charge in [0.15, 0.2) is 6.73 Å². The number of esters is 1. The zero-order valence-corrected chi connectivity index (χ0v) is 11.1. The molecule has 2 heterocycles. The molecule has 0 bridgehead atoms. The van der Waals surface area contributed by atoms with Gasteiger partial charge in [-0.15, -0.1) is 5.10 Å². The van der Waals surface area contributed by atoms with Gasteiger partial charge in [0.2, 0.25) is 5.76 Å². The molecule has 0 atom stereocenters. The molecule has 7 heteroatoms. The number of carbonyl (C=O) groups is 1. The van der Waals surface area contributed by atoms with E-state index in [1.54, 1.807) is 37.3 Å². The summed E-state index contributed by atoms with van der Waals surface area (Å²) in [6, 6.07) is 9.98. The van der Waals surface area contributed by atoms with Crippen LogP contribution >= 0.6 is 0 Å². The van der Waals surface area contributed by atoms with E-state index in [2.05, 4.69) is 10.3 Å². The highest BCUT2D eigenvalue weighted by Gasteiger charge is 2.13. The summed E-state index contributed by atoms with van der Waals surface area (Å²) in [4.78, 5) is 23.9. The van der Waals surface area contributed by atoms with Crippen molar-refractivity contribution in [1.29, 1.82) is 0 Å². The van der Waals surface area contributed by atoms with Gasteiger partial charge < -0.3 is 9.15 Å². The van der Waals surface area contributed by atoms with E-state index in [9.17, 15) is 9.59 Å². The Kier molecular flexibility index (Phi) is 3.23. The molecule has 3 rings (SSSR count). The fraction of sp³-hybridized carbons (Fsp3) is 0.143. The van der Waals surface area contributed by atoms with Crippen LogP contribution in [0.2, 0.25) is 0 Å². The SMILES string of the molecule is Cc1ccc(C(=O)OCn2nnc3ccccc3c2=O)o1. The van der Waals surface area contributed by atoms with E-state index in [0.29, 0.717) is 16.7 Å². The van der Waals surface area contributed by atoms with Crippen LogP contribution < -0.4 is 5.56 Å². The Bertz CT molecular complexity index is 866. The van der Waals surface area contributed by atoms with E-state index in [4.69, 9.17) is 9.15 Å². The minimum Gasteiger partial charge on any atom is -0.454 e. The predicted octanol–water partition coefficient (Wildman–Crippen LogP) is 1.51. The summed E-state index contributed by atoms with van der Waals surface area (Å²) in [5, 5.41) is 8.03. The Morgan fingerprint density at radius 3 is 2.86 bits per heavy atom. The van der Waals surface area contributed by atoms with Gasteiger partial charge in [-0.05, 0) is 31.2 Å². The lowest BCUT2D eigenvalue weighted by atomic mass is 10.2. The van der Waals surface area contributed by atoms with Crippen molar-refractivity contribution in [3.63, 3.8) is 0 Å². The van der Waals surface area contributed by atoms with Gasteiger partial charge in [0.25, 0.3) is 5.56 Å². The summed E-state index contributed by atoms with van der Waals surface area (Å²) < 4.78 is 11.1. The Balaban J connectivity index is 1.81. The van der Waals surface area contributed by atoms with Gasteiger partial charge in [0.1, 0.15) is 11.3 Å². The van der Waals surface area contributed by atoms with E-state index < -0.39 is 5.97 Å². The largest absolute Gasteiger partial charge is 0.454 e. The van der Waals surface area contributed by atoms with Crippen molar-refractivity contribution in [2.45, 2.75) is 13.7 Å². The normalized spacial score (nSPS) is 10.7. The van der Waals surface area contributed by atoms with Crippen LogP contribution in [0.25, 0.3) is 10.9 Å². The first-order valence-corrected chi connectivity index (χ1v) is 6.21. The number of aromatic nitrogens is 3. The summed E-state index contributed by atoms with van der Waals surface area (Å²) in [7, 11) is 0. The number of hydrogen-bond acceptors (Lipinski definition) is 6. The minimum atomic E-state index is -0.662. The number of nitrogens with zero attached hydrogens (tertiary/aromatic N) is 3. The summed E-state index contributed by atoms with van der Waals surface area (Å²) in [6.07, 6.45) is 0. The molecule has 0 spiro atoms. The second-order valence-corrected chi connectivity index (χ2v) is 4.38. The lowest BCUT2D eigenvalue weighted by Gasteiger charge is -2.05. The number of aryl methyl sites for hydroxylation is 1. The van der Waals surface area contributed by atoms with Crippen molar-refractivity contribution in [2.24, 2.45) is 0 Å². The highest BCUT2D eigenvalue weighted by molar-refractivity contribution is 5.86. The minimum absolute atomic E-state index is 0.0781. The third-order valence-electron chi connectivity index (χ3n) is 2.89. The van der Waals surface area contributed by atoms with E-state index in [1.165, 1.54) is 6.07 Å². The number of rotatable bonds is 3. The molecule has 0 amide bonds. The first-order valence-electron chi connectivity index (χ1n) is 6.21. The summed E-state index contributed by atoms with van der Waals surface area (Å²) >= 11 is 0. The molecular formula is C14H11N3O4. The predicted molar refractivity (Wildman–Crippen MR) is 72.7 cm³/mol. The number of benzene rings is 1. The fourth-order valence-corrected chi connectivity index (χ4v) is 1.84. The van der Waals surface area contributed by atoms with Crippen LogP contribution in [0.1, 0.15) is 16.3 Å². The standard InChI is InChI=1S/C14H11N3O4/c1-9-6-7-12(21-9)14(19)20-8-17-13(18)10-4-2-3-5-11(10)15-16-17/h2-7H,8H2,1H3. The van der Waals surface area contributed by atoms with Crippen LogP contribution in [0.3, 0.4) is 0 Å². The molecule has 1 aromatic carbocycles. The van der Waals surface area contributed by atoms with E-state index >= 15 is 0 Å². The second-order valence-electron chi connectivity index (χ2n) is 4.38. The average molecular weight is 285 g/mol. The molecule has 0 saturated heterocycles. The molecule has 3 aromatic rings. The lowest BCUT2D eigenvalue weighted by molar-refractivity contribution is 0.0299. The quantitative estimate of drug-likeness (QED) is 0.678. The van der Waals surface area contributed by atoms with Gasteiger partial charge in [0, 0.05) is 0 Å².